The first-order chi connectivity index (χ1) is 16.0. The van der Waals surface area contributed by atoms with Crippen LogP contribution in [-0.4, -0.2) is 29.6 Å². The van der Waals surface area contributed by atoms with Gasteiger partial charge in [-0.1, -0.05) is 39.7 Å². The van der Waals surface area contributed by atoms with Gasteiger partial charge in [-0.05, 0) is 61.7 Å². The van der Waals surface area contributed by atoms with Gasteiger partial charge in [0.05, 0.1) is 17.4 Å². The molecule has 1 atom stereocenters. The lowest BCUT2D eigenvalue weighted by Crippen LogP contribution is -2.24. The van der Waals surface area contributed by atoms with Gasteiger partial charge in [0.1, 0.15) is 0 Å². The Morgan fingerprint density at radius 1 is 0.909 bits per heavy atom. The van der Waals surface area contributed by atoms with E-state index in [1.807, 2.05) is 38.1 Å². The van der Waals surface area contributed by atoms with E-state index in [0.717, 1.165) is 36.3 Å². The van der Waals surface area contributed by atoms with Crippen molar-refractivity contribution in [3.05, 3.63) is 54.1 Å². The lowest BCUT2D eigenvalue weighted by atomic mass is 10.2. The summed E-state index contributed by atoms with van der Waals surface area (Å²) >= 11 is 1.46. The van der Waals surface area contributed by atoms with E-state index in [1.165, 1.54) is 11.8 Å². The molecular weight excluding hydrogens is 436 g/mol. The van der Waals surface area contributed by atoms with Crippen LogP contribution in [0.15, 0.2) is 53.4 Å². The zero-order chi connectivity index (χ0) is 24.1. The second kappa shape index (κ2) is 14.4. The minimum Gasteiger partial charge on any atom is -0.462 e. The molecule has 2 aromatic carbocycles. The quantitative estimate of drug-likeness (QED) is 0.204. The number of nitrogens with one attached hydrogen (secondary N) is 2. The maximum Gasteiger partial charge on any atom is 0.338 e. The van der Waals surface area contributed by atoms with Crippen molar-refractivity contribution in [2.45, 2.75) is 69.4 Å². The van der Waals surface area contributed by atoms with Gasteiger partial charge >= 0.3 is 5.97 Å². The molecule has 0 heterocycles. The maximum atomic E-state index is 12.8. The number of ether oxygens (including phenoxy) is 1. The van der Waals surface area contributed by atoms with E-state index in [9.17, 15) is 14.4 Å². The molecule has 0 aliphatic carbocycles. The molecular formula is C26H34N2O4S. The number of anilines is 2. The fourth-order valence-corrected chi connectivity index (χ4v) is 4.01. The molecule has 0 fully saturated rings. The highest BCUT2D eigenvalue weighted by molar-refractivity contribution is 8.00. The number of carbonyl (C=O) groups is 3. The molecule has 0 bridgehead atoms. The van der Waals surface area contributed by atoms with Gasteiger partial charge in [0.15, 0.2) is 0 Å². The molecule has 2 rings (SSSR count). The molecule has 0 spiro atoms. The lowest BCUT2D eigenvalue weighted by molar-refractivity contribution is -0.116. The highest BCUT2D eigenvalue weighted by Gasteiger charge is 2.19. The predicted molar refractivity (Wildman–Crippen MR) is 135 cm³/mol. The molecule has 2 amide bonds. The van der Waals surface area contributed by atoms with Crippen LogP contribution >= 0.6 is 11.8 Å². The Kier molecular flexibility index (Phi) is 11.5. The zero-order valence-corrected chi connectivity index (χ0v) is 20.5. The molecule has 0 aromatic heterocycles. The molecule has 1 unspecified atom stereocenters. The molecule has 2 aromatic rings. The first-order valence-electron chi connectivity index (χ1n) is 11.6. The third kappa shape index (κ3) is 9.30. The molecule has 7 heteroatoms. The lowest BCUT2D eigenvalue weighted by Gasteiger charge is -2.16. The molecule has 0 aliphatic rings. The van der Waals surface area contributed by atoms with Gasteiger partial charge in [-0.2, -0.15) is 0 Å². The highest BCUT2D eigenvalue weighted by Crippen LogP contribution is 2.28. The molecule has 178 valence electrons. The molecule has 0 saturated heterocycles. The van der Waals surface area contributed by atoms with Gasteiger partial charge in [0.2, 0.25) is 11.8 Å². The SMILES string of the molecule is CCCCOC(=O)c1ccc(NC(=O)C(CC)Sc2cccc(NC(=O)CCCC)c2)cc1. The number of rotatable bonds is 13. The van der Waals surface area contributed by atoms with E-state index in [2.05, 4.69) is 17.6 Å². The number of hydrogen-bond acceptors (Lipinski definition) is 5. The minimum atomic E-state index is -0.356. The number of hydrogen-bond donors (Lipinski definition) is 2. The predicted octanol–water partition coefficient (Wildman–Crippen LogP) is 6.28. The summed E-state index contributed by atoms with van der Waals surface area (Å²) in [6.45, 7) is 6.46. The monoisotopic (exact) mass is 470 g/mol. The van der Waals surface area contributed by atoms with Crippen LogP contribution in [-0.2, 0) is 14.3 Å². The second-order valence-corrected chi connectivity index (χ2v) is 9.03. The van der Waals surface area contributed by atoms with Crippen LogP contribution in [0, 0.1) is 0 Å². The van der Waals surface area contributed by atoms with Crippen molar-refractivity contribution < 1.29 is 19.1 Å². The number of amides is 2. The summed E-state index contributed by atoms with van der Waals surface area (Å²) < 4.78 is 5.21. The largest absolute Gasteiger partial charge is 0.462 e. The third-order valence-corrected chi connectivity index (χ3v) is 6.29. The summed E-state index contributed by atoms with van der Waals surface area (Å²) in [5.41, 5.74) is 1.82. The van der Waals surface area contributed by atoms with Crippen LogP contribution in [0.5, 0.6) is 0 Å². The summed E-state index contributed by atoms with van der Waals surface area (Å²) in [4.78, 5) is 37.8. The van der Waals surface area contributed by atoms with Crippen LogP contribution in [0.4, 0.5) is 11.4 Å². The average molecular weight is 471 g/mol. The third-order valence-electron chi connectivity index (χ3n) is 4.94. The van der Waals surface area contributed by atoms with Crippen LogP contribution < -0.4 is 10.6 Å². The molecule has 2 N–H and O–H groups in total. The van der Waals surface area contributed by atoms with E-state index in [4.69, 9.17) is 4.74 Å². The number of benzene rings is 2. The Morgan fingerprint density at radius 2 is 1.64 bits per heavy atom. The van der Waals surface area contributed by atoms with Crippen molar-refractivity contribution in [1.82, 2.24) is 0 Å². The maximum absolute atomic E-state index is 12.8. The van der Waals surface area contributed by atoms with E-state index >= 15 is 0 Å². The number of thioether (sulfide) groups is 1. The van der Waals surface area contributed by atoms with Crippen molar-refractivity contribution in [3.63, 3.8) is 0 Å². The van der Waals surface area contributed by atoms with E-state index < -0.39 is 0 Å². The number of unbranched alkanes of at least 4 members (excludes halogenated alkanes) is 2. The smallest absolute Gasteiger partial charge is 0.338 e. The van der Waals surface area contributed by atoms with Crippen molar-refractivity contribution in [2.24, 2.45) is 0 Å². The Balaban J connectivity index is 1.94. The summed E-state index contributed by atoms with van der Waals surface area (Å²) in [7, 11) is 0. The highest BCUT2D eigenvalue weighted by atomic mass is 32.2. The van der Waals surface area contributed by atoms with Crippen molar-refractivity contribution >= 4 is 40.9 Å². The zero-order valence-electron chi connectivity index (χ0n) is 19.7. The first kappa shape index (κ1) is 26.5. The van der Waals surface area contributed by atoms with Gasteiger partial charge in [0, 0.05) is 22.7 Å². The van der Waals surface area contributed by atoms with Crippen LogP contribution in [0.25, 0.3) is 0 Å². The van der Waals surface area contributed by atoms with Crippen molar-refractivity contribution in [3.8, 4) is 0 Å². The Bertz CT molecular complexity index is 915. The summed E-state index contributed by atoms with van der Waals surface area (Å²) in [5.74, 6) is -0.468. The molecule has 6 nitrogen and oxygen atoms in total. The van der Waals surface area contributed by atoms with Gasteiger partial charge in [-0.15, -0.1) is 11.8 Å². The van der Waals surface area contributed by atoms with Gasteiger partial charge in [0.25, 0.3) is 0 Å². The van der Waals surface area contributed by atoms with Gasteiger partial charge in [-0.25, -0.2) is 4.79 Å². The first-order valence-corrected chi connectivity index (χ1v) is 12.5. The standard InChI is InChI=1S/C26H34N2O4S/c1-4-7-12-24(29)27-21-10-9-11-22(18-21)33-23(6-3)25(30)28-20-15-13-19(14-16-20)26(31)32-17-8-5-2/h9-11,13-16,18,23H,4-8,12,17H2,1-3H3,(H,27,29)(H,28,30). The molecule has 0 aliphatic heterocycles. The number of esters is 1. The average Bonchev–Trinajstić information content (AvgIpc) is 2.82. The van der Waals surface area contributed by atoms with Crippen LogP contribution in [0.3, 0.4) is 0 Å². The van der Waals surface area contributed by atoms with E-state index in [1.54, 1.807) is 24.3 Å². The van der Waals surface area contributed by atoms with Crippen LogP contribution in [0.2, 0.25) is 0 Å². The molecule has 0 saturated carbocycles. The summed E-state index contributed by atoms with van der Waals surface area (Å²) in [6.07, 6.45) is 4.78. The minimum absolute atomic E-state index is 0.00137. The topological polar surface area (TPSA) is 84.5 Å². The second-order valence-electron chi connectivity index (χ2n) is 7.75. The van der Waals surface area contributed by atoms with Crippen molar-refractivity contribution in [2.75, 3.05) is 17.2 Å². The van der Waals surface area contributed by atoms with Gasteiger partial charge < -0.3 is 15.4 Å². The van der Waals surface area contributed by atoms with E-state index in [0.29, 0.717) is 30.7 Å². The molecule has 33 heavy (non-hydrogen) atoms. The normalized spacial score (nSPS) is 11.5. The fraction of sp³-hybridized carbons (Fsp3) is 0.423. The summed E-state index contributed by atoms with van der Waals surface area (Å²) in [6, 6.07) is 14.3. The van der Waals surface area contributed by atoms with Crippen molar-refractivity contribution in [1.29, 1.82) is 0 Å². The fourth-order valence-electron chi connectivity index (χ4n) is 3.00. The Hall–Kier alpha value is -2.80. The molecule has 0 radical (unpaired) electrons. The number of carbonyl (C=O) groups excluding carboxylic acids is 3. The van der Waals surface area contributed by atoms with E-state index in [-0.39, 0.29) is 23.0 Å². The summed E-state index contributed by atoms with van der Waals surface area (Å²) in [5, 5.41) is 5.54. The van der Waals surface area contributed by atoms with Crippen LogP contribution in [0.1, 0.15) is 69.7 Å². The van der Waals surface area contributed by atoms with Gasteiger partial charge in [-0.3, -0.25) is 9.59 Å². The Morgan fingerprint density at radius 3 is 2.30 bits per heavy atom. The Labute approximate surface area is 200 Å².